The lowest BCUT2D eigenvalue weighted by Gasteiger charge is -2.36. The van der Waals surface area contributed by atoms with Gasteiger partial charge in [-0.2, -0.15) is 5.10 Å². The van der Waals surface area contributed by atoms with Crippen LogP contribution in [-0.2, 0) is 30.2 Å². The third-order valence-electron chi connectivity index (χ3n) is 6.77. The van der Waals surface area contributed by atoms with Crippen LogP contribution < -0.4 is 5.32 Å². The Labute approximate surface area is 232 Å². The minimum absolute atomic E-state index is 0.305. The van der Waals surface area contributed by atoms with Gasteiger partial charge in [-0.1, -0.05) is 32.9 Å². The highest BCUT2D eigenvalue weighted by Gasteiger charge is 2.28. The lowest BCUT2D eigenvalue weighted by Crippen LogP contribution is -2.48. The molecule has 12 nitrogen and oxygen atoms in total. The van der Waals surface area contributed by atoms with Crippen LogP contribution in [-0.4, -0.2) is 71.7 Å². The molecule has 0 atom stereocenters. The SMILES string of the molecule is CC(C)(C)c1nnc(C(=O)O)o1.Cn1cc(Nc2nccc(-c3ccc4c(c3)CN(C3COC3)CCC4)n2)cn1. The van der Waals surface area contributed by atoms with Gasteiger partial charge in [0, 0.05) is 37.0 Å². The van der Waals surface area contributed by atoms with Crippen LogP contribution in [0.2, 0.25) is 0 Å². The van der Waals surface area contributed by atoms with E-state index >= 15 is 0 Å². The van der Waals surface area contributed by atoms with Gasteiger partial charge in [0.2, 0.25) is 11.8 Å². The highest BCUT2D eigenvalue weighted by molar-refractivity contribution is 5.81. The number of aromatic carboxylic acids is 1. The minimum Gasteiger partial charge on any atom is -0.474 e. The van der Waals surface area contributed by atoms with Crippen LogP contribution in [0.3, 0.4) is 0 Å². The van der Waals surface area contributed by atoms with Crippen molar-refractivity contribution in [2.24, 2.45) is 7.05 Å². The Morgan fingerprint density at radius 2 is 1.98 bits per heavy atom. The van der Waals surface area contributed by atoms with E-state index in [-0.39, 0.29) is 11.3 Å². The van der Waals surface area contributed by atoms with E-state index in [9.17, 15) is 4.79 Å². The summed E-state index contributed by atoms with van der Waals surface area (Å²) < 4.78 is 12.0. The average molecular weight is 547 g/mol. The van der Waals surface area contributed by atoms with Gasteiger partial charge in [0.1, 0.15) is 0 Å². The zero-order valence-electron chi connectivity index (χ0n) is 23.2. The van der Waals surface area contributed by atoms with Crippen molar-refractivity contribution in [1.82, 2.24) is 34.8 Å². The number of rotatable bonds is 5. The molecule has 1 aromatic carbocycles. The number of carbonyl (C=O) groups is 1. The van der Waals surface area contributed by atoms with Crippen LogP contribution in [0.1, 0.15) is 54.9 Å². The third-order valence-corrected chi connectivity index (χ3v) is 6.77. The highest BCUT2D eigenvalue weighted by atomic mass is 16.5. The highest BCUT2D eigenvalue weighted by Crippen LogP contribution is 2.28. The first-order valence-electron chi connectivity index (χ1n) is 13.3. The quantitative estimate of drug-likeness (QED) is 0.377. The van der Waals surface area contributed by atoms with Crippen LogP contribution in [0.15, 0.2) is 47.3 Å². The number of ether oxygens (including phenoxy) is 1. The number of carboxylic acid groups (broad SMARTS) is 1. The molecule has 2 N–H and O–H groups in total. The molecular weight excluding hydrogens is 512 g/mol. The van der Waals surface area contributed by atoms with Gasteiger partial charge < -0.3 is 19.6 Å². The second kappa shape index (κ2) is 11.5. The number of carboxylic acids is 1. The van der Waals surface area contributed by atoms with E-state index < -0.39 is 5.97 Å². The number of hydrogen-bond acceptors (Lipinski definition) is 10. The van der Waals surface area contributed by atoms with Crippen molar-refractivity contribution in [1.29, 1.82) is 0 Å². The molecule has 12 heteroatoms. The molecule has 0 aliphatic carbocycles. The maximum absolute atomic E-state index is 10.3. The van der Waals surface area contributed by atoms with Crippen LogP contribution in [0.25, 0.3) is 11.3 Å². The van der Waals surface area contributed by atoms with Crippen LogP contribution in [0.4, 0.5) is 11.6 Å². The van der Waals surface area contributed by atoms with Gasteiger partial charge in [-0.3, -0.25) is 9.58 Å². The molecule has 6 rings (SSSR count). The fraction of sp³-hybridized carbons (Fsp3) is 0.429. The lowest BCUT2D eigenvalue weighted by molar-refractivity contribution is -0.0674. The number of benzene rings is 1. The summed E-state index contributed by atoms with van der Waals surface area (Å²) in [5.41, 5.74) is 5.48. The molecular formula is C28H34N8O4. The molecule has 210 valence electrons. The van der Waals surface area contributed by atoms with Gasteiger partial charge in [-0.05, 0) is 42.6 Å². The van der Waals surface area contributed by atoms with E-state index in [1.54, 1.807) is 17.1 Å². The van der Waals surface area contributed by atoms with Gasteiger partial charge in [-0.25, -0.2) is 14.8 Å². The first-order valence-corrected chi connectivity index (χ1v) is 13.3. The van der Waals surface area contributed by atoms with E-state index in [1.807, 2.05) is 40.1 Å². The van der Waals surface area contributed by atoms with Crippen molar-refractivity contribution in [2.75, 3.05) is 25.1 Å². The second-order valence-corrected chi connectivity index (χ2v) is 11.0. The number of anilines is 2. The number of aromatic nitrogens is 6. The van der Waals surface area contributed by atoms with E-state index in [0.29, 0.717) is 17.9 Å². The fourth-order valence-corrected chi connectivity index (χ4v) is 4.50. The Hall–Kier alpha value is -4.16. The molecule has 1 fully saturated rings. The van der Waals surface area contributed by atoms with Crippen LogP contribution in [0.5, 0.6) is 0 Å². The molecule has 40 heavy (non-hydrogen) atoms. The summed E-state index contributed by atoms with van der Waals surface area (Å²) in [6.07, 6.45) is 7.80. The molecule has 2 aliphatic heterocycles. The molecule has 3 aromatic heterocycles. The Bertz CT molecular complexity index is 1470. The normalized spacial score (nSPS) is 15.8. The van der Waals surface area contributed by atoms with Crippen molar-refractivity contribution < 1.29 is 19.1 Å². The predicted octanol–water partition coefficient (Wildman–Crippen LogP) is 3.83. The summed E-state index contributed by atoms with van der Waals surface area (Å²) in [6, 6.07) is 9.27. The zero-order valence-corrected chi connectivity index (χ0v) is 23.2. The van der Waals surface area contributed by atoms with Gasteiger partial charge in [0.25, 0.3) is 0 Å². The standard InChI is InChI=1S/C21H24N6O.C7H10N2O3/c1-26-12-18(10-23-26)24-21-22-7-6-20(25-21)16-5-4-15-3-2-8-27(11-17(15)9-16)19-13-28-14-19;1-7(2,3)6-9-8-4(12-6)5(10)11/h4-7,9-10,12,19H,2-3,8,11,13-14H2,1H3,(H,22,24,25);1-3H3,(H,10,11). The van der Waals surface area contributed by atoms with Gasteiger partial charge in [0.15, 0.2) is 0 Å². The molecule has 0 unspecified atom stereocenters. The molecule has 0 saturated carbocycles. The number of hydrogen-bond donors (Lipinski definition) is 2. The van der Waals surface area contributed by atoms with Crippen molar-refractivity contribution >= 4 is 17.6 Å². The number of nitrogens with one attached hydrogen (secondary N) is 1. The number of aryl methyl sites for hydroxylation is 2. The van der Waals surface area contributed by atoms with E-state index in [2.05, 4.69) is 48.7 Å². The average Bonchev–Trinajstić information content (AvgIpc) is 3.49. The summed E-state index contributed by atoms with van der Waals surface area (Å²) in [5.74, 6) is -0.647. The molecule has 0 bridgehead atoms. The second-order valence-electron chi connectivity index (χ2n) is 11.0. The first kappa shape index (κ1) is 27.4. The first-order chi connectivity index (χ1) is 19.2. The molecule has 1 saturated heterocycles. The minimum atomic E-state index is -1.20. The smallest absolute Gasteiger partial charge is 0.393 e. The Balaban J connectivity index is 0.000000227. The summed E-state index contributed by atoms with van der Waals surface area (Å²) in [4.78, 5) is 22.0. The fourth-order valence-electron chi connectivity index (χ4n) is 4.50. The Kier molecular flexibility index (Phi) is 7.90. The monoisotopic (exact) mass is 546 g/mol. The molecule has 0 spiro atoms. The summed E-state index contributed by atoms with van der Waals surface area (Å²) in [5, 5.41) is 22.8. The molecule has 2 aliphatic rings. The number of fused-ring (bicyclic) bond motifs is 1. The Morgan fingerprint density at radius 3 is 2.60 bits per heavy atom. The van der Waals surface area contributed by atoms with Crippen LogP contribution in [0, 0.1) is 0 Å². The largest absolute Gasteiger partial charge is 0.474 e. The third kappa shape index (κ3) is 6.52. The predicted molar refractivity (Wildman–Crippen MR) is 147 cm³/mol. The van der Waals surface area contributed by atoms with Crippen molar-refractivity contribution in [3.8, 4) is 11.3 Å². The maximum atomic E-state index is 10.3. The van der Waals surface area contributed by atoms with Crippen molar-refractivity contribution in [3.63, 3.8) is 0 Å². The van der Waals surface area contributed by atoms with Crippen molar-refractivity contribution in [2.45, 2.75) is 51.6 Å². The van der Waals surface area contributed by atoms with Gasteiger partial charge in [0.05, 0.1) is 36.8 Å². The van der Waals surface area contributed by atoms with Crippen LogP contribution >= 0.6 is 0 Å². The maximum Gasteiger partial charge on any atom is 0.393 e. The van der Waals surface area contributed by atoms with E-state index in [1.165, 1.54) is 17.5 Å². The van der Waals surface area contributed by atoms with E-state index in [0.717, 1.165) is 49.7 Å². The topological polar surface area (TPSA) is 144 Å². The molecule has 0 radical (unpaired) electrons. The van der Waals surface area contributed by atoms with Gasteiger partial charge >= 0.3 is 11.9 Å². The lowest BCUT2D eigenvalue weighted by atomic mass is 9.97. The number of nitrogens with zero attached hydrogens (tertiary/aromatic N) is 7. The summed E-state index contributed by atoms with van der Waals surface area (Å²) >= 11 is 0. The Morgan fingerprint density at radius 1 is 1.15 bits per heavy atom. The summed E-state index contributed by atoms with van der Waals surface area (Å²) in [7, 11) is 1.89. The summed E-state index contributed by atoms with van der Waals surface area (Å²) in [6.45, 7) is 9.47. The van der Waals surface area contributed by atoms with Crippen molar-refractivity contribution in [3.05, 3.63) is 65.8 Å². The zero-order chi connectivity index (χ0) is 28.3. The molecule has 4 aromatic rings. The van der Waals surface area contributed by atoms with Gasteiger partial charge in [-0.15, -0.1) is 10.2 Å². The molecule has 0 amide bonds. The molecule has 5 heterocycles. The van der Waals surface area contributed by atoms with E-state index in [4.69, 9.17) is 19.2 Å².